The van der Waals surface area contributed by atoms with Crippen molar-refractivity contribution in [2.45, 2.75) is 45.8 Å². The van der Waals surface area contributed by atoms with Crippen LogP contribution in [0.1, 0.15) is 26.3 Å². The van der Waals surface area contributed by atoms with Gasteiger partial charge in [-0.15, -0.1) is 0 Å². The first-order valence-electron chi connectivity index (χ1n) is 18.5. The Morgan fingerprint density at radius 1 is 0.574 bits per heavy atom. The molecule has 8 aromatic rings. The smallest absolute Gasteiger partial charge is 0.151 e. The van der Waals surface area contributed by atoms with Gasteiger partial charge in [0.1, 0.15) is 5.75 Å². The average Bonchev–Trinajstić information content (AvgIpc) is 3.57. The zero-order valence-corrected chi connectivity index (χ0v) is 32.7. The fourth-order valence-electron chi connectivity index (χ4n) is 7.31. The van der Waals surface area contributed by atoms with Crippen molar-refractivity contribution in [2.24, 2.45) is 0 Å². The van der Waals surface area contributed by atoms with E-state index in [-0.39, 0.29) is 11.2 Å². The number of rotatable bonds is 7. The molecule has 0 aliphatic rings. The van der Waals surface area contributed by atoms with Crippen molar-refractivity contribution in [1.82, 2.24) is 19.5 Å². The van der Waals surface area contributed by atoms with E-state index in [4.69, 9.17) is 9.97 Å². The van der Waals surface area contributed by atoms with Crippen LogP contribution in [-0.2, 0) is 5.41 Å². The lowest BCUT2D eigenvalue weighted by molar-refractivity contribution is 0.446. The van der Waals surface area contributed by atoms with Crippen molar-refractivity contribution in [2.75, 3.05) is 0 Å². The summed E-state index contributed by atoms with van der Waals surface area (Å²) in [6, 6.07) is 46.8. The van der Waals surface area contributed by atoms with Crippen molar-refractivity contribution >= 4 is 24.3 Å². The van der Waals surface area contributed by atoms with E-state index in [1.54, 1.807) is 12.4 Å². The number of fused-ring (bicyclic) bond motifs is 1. The molecule has 0 amide bonds. The molecular weight excluding hydrogens is 677 g/mol. The Morgan fingerprint density at radius 3 is 1.87 bits per heavy atom. The lowest BCUT2D eigenvalue weighted by atomic mass is 9.86. The number of hydrogen-bond donors (Lipinski definition) is 1. The predicted molar refractivity (Wildman–Crippen MR) is 227 cm³/mol. The molecular formula is C48H44N4OSi. The summed E-state index contributed by atoms with van der Waals surface area (Å²) in [7, 11) is -1.72. The summed E-state index contributed by atoms with van der Waals surface area (Å²) in [6.45, 7) is 13.4. The molecule has 266 valence electrons. The van der Waals surface area contributed by atoms with Crippen LogP contribution in [0.4, 0.5) is 0 Å². The fourth-order valence-corrected chi connectivity index (χ4v) is 8.79. The van der Waals surface area contributed by atoms with Crippen LogP contribution >= 0.6 is 0 Å². The zero-order chi connectivity index (χ0) is 37.6. The van der Waals surface area contributed by atoms with Gasteiger partial charge in [-0.2, -0.15) is 0 Å². The molecule has 0 saturated heterocycles. The number of para-hydroxylation sites is 2. The highest BCUT2D eigenvalue weighted by Gasteiger charge is 2.26. The van der Waals surface area contributed by atoms with Crippen molar-refractivity contribution < 1.29 is 5.11 Å². The molecule has 5 aromatic carbocycles. The van der Waals surface area contributed by atoms with Crippen molar-refractivity contribution in [3.63, 3.8) is 0 Å². The van der Waals surface area contributed by atoms with E-state index < -0.39 is 8.07 Å². The van der Waals surface area contributed by atoms with E-state index >= 15 is 0 Å². The highest BCUT2D eigenvalue weighted by Crippen LogP contribution is 2.42. The molecule has 0 atom stereocenters. The van der Waals surface area contributed by atoms with E-state index in [1.165, 1.54) is 16.3 Å². The zero-order valence-electron chi connectivity index (χ0n) is 31.7. The average molecular weight is 721 g/mol. The van der Waals surface area contributed by atoms with E-state index in [9.17, 15) is 5.11 Å². The summed E-state index contributed by atoms with van der Waals surface area (Å²) in [6.07, 6.45) is 5.59. The van der Waals surface area contributed by atoms with Gasteiger partial charge < -0.3 is 5.11 Å². The van der Waals surface area contributed by atoms with Gasteiger partial charge in [0.05, 0.1) is 30.4 Å². The van der Waals surface area contributed by atoms with Gasteiger partial charge in [-0.3, -0.25) is 14.5 Å². The SMILES string of the molecule is CC(C)(C)c1cncc(-c2nc3c(-c4cc(-c5ccccc5)cc(-c5cc(-c6ccccc6)c([Si](C)(C)C)cn5)c4)cccc3n2-c2ccccc2)c1O. The Balaban J connectivity index is 1.39. The first kappa shape index (κ1) is 34.9. The van der Waals surface area contributed by atoms with E-state index in [1.807, 2.05) is 18.2 Å². The third-order valence-corrected chi connectivity index (χ3v) is 12.1. The highest BCUT2D eigenvalue weighted by atomic mass is 28.3. The summed E-state index contributed by atoms with van der Waals surface area (Å²) < 4.78 is 2.13. The summed E-state index contributed by atoms with van der Waals surface area (Å²) in [4.78, 5) is 15.1. The fraction of sp³-hybridized carbons (Fsp3) is 0.146. The maximum absolute atomic E-state index is 11.8. The van der Waals surface area contributed by atoms with Gasteiger partial charge >= 0.3 is 0 Å². The summed E-state index contributed by atoms with van der Waals surface area (Å²) in [5.41, 5.74) is 12.4. The molecule has 3 heterocycles. The number of nitrogens with zero attached hydrogens (tertiary/aromatic N) is 4. The van der Waals surface area contributed by atoms with Crippen molar-refractivity contribution in [3.8, 4) is 67.5 Å². The molecule has 0 spiro atoms. The third-order valence-electron chi connectivity index (χ3n) is 10.1. The molecule has 54 heavy (non-hydrogen) atoms. The number of imidazole rings is 1. The lowest BCUT2D eigenvalue weighted by Gasteiger charge is -2.22. The van der Waals surface area contributed by atoms with Gasteiger partial charge in [0.25, 0.3) is 0 Å². The van der Waals surface area contributed by atoms with Crippen LogP contribution < -0.4 is 5.19 Å². The van der Waals surface area contributed by atoms with Crippen LogP contribution in [0.2, 0.25) is 19.6 Å². The standard InChI is InChI=1S/C48H44N4OSi/c1-48(2,3)41-30-49-29-40(46(41)53)47-51-45-38(23-16-24-43(45)52(47)37-21-14-9-15-22-37)35-25-34(32-17-10-7-11-18-32)26-36(27-35)42-28-39(33-19-12-8-13-20-33)44(31-50-42)54(4,5)6/h7-31H,1-6H3,(H,49,53). The number of hydrogen-bond acceptors (Lipinski definition) is 4. The molecule has 0 bridgehead atoms. The maximum Gasteiger partial charge on any atom is 0.151 e. The molecule has 5 nitrogen and oxygen atoms in total. The molecule has 1 N–H and O–H groups in total. The molecule has 0 radical (unpaired) electrons. The van der Waals surface area contributed by atoms with Gasteiger partial charge in [0, 0.05) is 41.0 Å². The van der Waals surface area contributed by atoms with Gasteiger partial charge in [-0.05, 0) is 80.9 Å². The van der Waals surface area contributed by atoms with E-state index in [0.29, 0.717) is 11.4 Å². The number of aromatic nitrogens is 4. The topological polar surface area (TPSA) is 63.8 Å². The van der Waals surface area contributed by atoms with Gasteiger partial charge in [0.15, 0.2) is 5.82 Å². The summed E-state index contributed by atoms with van der Waals surface area (Å²) in [5.74, 6) is 0.831. The molecule has 6 heteroatoms. The second-order valence-corrected chi connectivity index (χ2v) is 21.0. The Morgan fingerprint density at radius 2 is 1.20 bits per heavy atom. The highest BCUT2D eigenvalue weighted by molar-refractivity contribution is 6.89. The Bertz CT molecular complexity index is 2620. The van der Waals surface area contributed by atoms with Crippen LogP contribution in [0.15, 0.2) is 152 Å². The third kappa shape index (κ3) is 6.54. The molecule has 0 aliphatic heterocycles. The molecule has 8 rings (SSSR count). The van der Waals surface area contributed by atoms with Crippen LogP contribution in [0.3, 0.4) is 0 Å². The molecule has 0 saturated carbocycles. The van der Waals surface area contributed by atoms with E-state index in [2.05, 4.69) is 171 Å². The minimum atomic E-state index is -1.72. The first-order valence-corrected chi connectivity index (χ1v) is 22.0. The van der Waals surface area contributed by atoms with E-state index in [0.717, 1.165) is 55.8 Å². The Kier molecular flexibility index (Phi) is 8.87. The van der Waals surface area contributed by atoms with Crippen LogP contribution in [0, 0.1) is 0 Å². The number of aromatic hydroxyl groups is 1. The second-order valence-electron chi connectivity index (χ2n) is 16.0. The maximum atomic E-state index is 11.8. The molecule has 3 aromatic heterocycles. The Labute approximate surface area is 318 Å². The normalized spacial score (nSPS) is 12.0. The minimum Gasteiger partial charge on any atom is -0.507 e. The predicted octanol–water partition coefficient (Wildman–Crippen LogP) is 11.7. The molecule has 0 aliphatic carbocycles. The Hall–Kier alpha value is -6.11. The van der Waals surface area contributed by atoms with Gasteiger partial charge in [-0.25, -0.2) is 4.98 Å². The van der Waals surface area contributed by atoms with Crippen molar-refractivity contribution in [3.05, 3.63) is 158 Å². The minimum absolute atomic E-state index is 0.196. The quantitative estimate of drug-likeness (QED) is 0.167. The number of benzene rings is 5. The van der Waals surface area contributed by atoms with Crippen molar-refractivity contribution in [1.29, 1.82) is 0 Å². The first-order chi connectivity index (χ1) is 26.0. The van der Waals surface area contributed by atoms with Gasteiger partial charge in [0.2, 0.25) is 0 Å². The summed E-state index contributed by atoms with van der Waals surface area (Å²) >= 11 is 0. The monoisotopic (exact) mass is 720 g/mol. The molecule has 0 unspecified atom stereocenters. The van der Waals surface area contributed by atoms with Gasteiger partial charge in [-0.1, -0.05) is 131 Å². The largest absolute Gasteiger partial charge is 0.507 e. The second kappa shape index (κ2) is 13.7. The van der Waals surface area contributed by atoms with Crippen LogP contribution in [0.25, 0.3) is 72.7 Å². The summed E-state index contributed by atoms with van der Waals surface area (Å²) in [5, 5.41) is 13.1. The molecule has 0 fully saturated rings. The van der Waals surface area contributed by atoms with Crippen LogP contribution in [0.5, 0.6) is 5.75 Å². The number of pyridine rings is 2. The van der Waals surface area contributed by atoms with Crippen LogP contribution in [-0.4, -0.2) is 32.7 Å². The lowest BCUT2D eigenvalue weighted by Crippen LogP contribution is -2.39.